The zero-order valence-corrected chi connectivity index (χ0v) is 14.7. The third-order valence-corrected chi connectivity index (χ3v) is 5.01. The number of imidazole rings is 1. The number of carbonyl (C=O) groups is 2. The minimum Gasteiger partial charge on any atom is -0.352 e. The highest BCUT2D eigenvalue weighted by atomic mass is 32.2. The fourth-order valence-corrected chi connectivity index (χ4v) is 3.59. The predicted octanol–water partition coefficient (Wildman–Crippen LogP) is 2.23. The van der Waals surface area contributed by atoms with E-state index in [4.69, 9.17) is 0 Å². The predicted molar refractivity (Wildman–Crippen MR) is 94.3 cm³/mol. The molecule has 2 aromatic rings. The molecule has 2 heterocycles. The van der Waals surface area contributed by atoms with Crippen LogP contribution in [0.1, 0.15) is 43.1 Å². The quantitative estimate of drug-likeness (QED) is 0.814. The SMILES string of the molecule is CSc1nc(C(=O)NC(C)C(=O)NC2CCCC2)c2ccccn12. The Kier molecular flexibility index (Phi) is 5.08. The number of pyridine rings is 1. The standard InChI is InChI=1S/C17H22N4O2S/c1-11(15(22)19-12-7-3-4-8-12)18-16(23)14-13-9-5-6-10-21(13)17(20-14)24-2/h5-6,9-12H,3-4,7-8H2,1-2H3,(H,18,23)(H,19,22). The van der Waals surface area contributed by atoms with E-state index in [-0.39, 0.29) is 17.9 Å². The topological polar surface area (TPSA) is 75.5 Å². The molecule has 128 valence electrons. The smallest absolute Gasteiger partial charge is 0.272 e. The van der Waals surface area contributed by atoms with Gasteiger partial charge in [-0.05, 0) is 38.2 Å². The fourth-order valence-electron chi connectivity index (χ4n) is 3.05. The summed E-state index contributed by atoms with van der Waals surface area (Å²) >= 11 is 1.48. The first kappa shape index (κ1) is 16.8. The number of rotatable bonds is 5. The average molecular weight is 346 g/mol. The Bertz CT molecular complexity index is 752. The van der Waals surface area contributed by atoms with Crippen LogP contribution in [0.4, 0.5) is 0 Å². The maximum atomic E-state index is 12.6. The van der Waals surface area contributed by atoms with Crippen molar-refractivity contribution >= 4 is 29.1 Å². The first-order chi connectivity index (χ1) is 11.6. The summed E-state index contributed by atoms with van der Waals surface area (Å²) in [4.78, 5) is 29.2. The second-order valence-electron chi connectivity index (χ2n) is 6.09. The fraction of sp³-hybridized carbons (Fsp3) is 0.471. The molecule has 2 aromatic heterocycles. The van der Waals surface area contributed by atoms with E-state index in [2.05, 4.69) is 15.6 Å². The molecule has 0 aromatic carbocycles. The van der Waals surface area contributed by atoms with Crippen LogP contribution >= 0.6 is 11.8 Å². The van der Waals surface area contributed by atoms with Crippen LogP contribution in [-0.2, 0) is 4.79 Å². The summed E-state index contributed by atoms with van der Waals surface area (Å²) in [6.07, 6.45) is 8.15. The number of nitrogens with zero attached hydrogens (tertiary/aromatic N) is 2. The second kappa shape index (κ2) is 7.25. The van der Waals surface area contributed by atoms with Crippen LogP contribution in [-0.4, -0.2) is 39.5 Å². The second-order valence-corrected chi connectivity index (χ2v) is 6.86. The highest BCUT2D eigenvalue weighted by Gasteiger charge is 2.24. The molecule has 2 N–H and O–H groups in total. The Balaban J connectivity index is 1.71. The van der Waals surface area contributed by atoms with E-state index in [1.807, 2.05) is 35.1 Å². The summed E-state index contributed by atoms with van der Waals surface area (Å²) in [6, 6.07) is 5.27. The van der Waals surface area contributed by atoms with Gasteiger partial charge in [-0.15, -0.1) is 0 Å². The number of amides is 2. The minimum absolute atomic E-state index is 0.135. The van der Waals surface area contributed by atoms with Gasteiger partial charge in [0.05, 0.1) is 5.52 Å². The molecule has 0 aliphatic heterocycles. The first-order valence-electron chi connectivity index (χ1n) is 8.22. The van der Waals surface area contributed by atoms with Gasteiger partial charge in [-0.25, -0.2) is 4.98 Å². The van der Waals surface area contributed by atoms with Gasteiger partial charge >= 0.3 is 0 Å². The maximum Gasteiger partial charge on any atom is 0.272 e. The van der Waals surface area contributed by atoms with E-state index in [0.717, 1.165) is 36.4 Å². The number of fused-ring (bicyclic) bond motifs is 1. The summed E-state index contributed by atoms with van der Waals surface area (Å²) in [5.41, 5.74) is 1.09. The van der Waals surface area contributed by atoms with Crippen molar-refractivity contribution in [1.29, 1.82) is 0 Å². The molecule has 24 heavy (non-hydrogen) atoms. The summed E-state index contributed by atoms with van der Waals surface area (Å²) in [7, 11) is 0. The lowest BCUT2D eigenvalue weighted by Crippen LogP contribution is -2.47. The summed E-state index contributed by atoms with van der Waals surface area (Å²) in [5, 5.41) is 6.52. The molecule has 0 radical (unpaired) electrons. The van der Waals surface area contributed by atoms with Gasteiger partial charge in [-0.3, -0.25) is 14.0 Å². The Morgan fingerprint density at radius 3 is 2.79 bits per heavy atom. The Morgan fingerprint density at radius 2 is 2.08 bits per heavy atom. The number of hydrogen-bond acceptors (Lipinski definition) is 4. The first-order valence-corrected chi connectivity index (χ1v) is 9.45. The lowest BCUT2D eigenvalue weighted by atomic mass is 10.2. The van der Waals surface area contributed by atoms with Crippen LogP contribution in [0.15, 0.2) is 29.6 Å². The number of carbonyl (C=O) groups excluding carboxylic acids is 2. The van der Waals surface area contributed by atoms with Gasteiger partial charge in [0.2, 0.25) is 5.91 Å². The van der Waals surface area contributed by atoms with E-state index >= 15 is 0 Å². The normalized spacial score (nSPS) is 16.2. The molecule has 2 amide bonds. The number of aromatic nitrogens is 2. The van der Waals surface area contributed by atoms with Crippen LogP contribution in [0.2, 0.25) is 0 Å². The molecule has 1 aliphatic carbocycles. The molecule has 0 spiro atoms. The molecule has 0 saturated heterocycles. The van der Waals surface area contributed by atoms with Gasteiger partial charge in [-0.1, -0.05) is 30.7 Å². The average Bonchev–Trinajstić information content (AvgIpc) is 3.21. The van der Waals surface area contributed by atoms with Crippen LogP contribution in [0.5, 0.6) is 0 Å². The van der Waals surface area contributed by atoms with Gasteiger partial charge in [0.1, 0.15) is 6.04 Å². The number of thioether (sulfide) groups is 1. The van der Waals surface area contributed by atoms with E-state index in [1.54, 1.807) is 6.92 Å². The van der Waals surface area contributed by atoms with Crippen LogP contribution < -0.4 is 10.6 Å². The molecule has 7 heteroatoms. The van der Waals surface area contributed by atoms with Crippen LogP contribution in [0.25, 0.3) is 5.52 Å². The third kappa shape index (κ3) is 3.40. The lowest BCUT2D eigenvalue weighted by molar-refractivity contribution is -0.123. The van der Waals surface area contributed by atoms with Gasteiger partial charge in [0.25, 0.3) is 5.91 Å². The molecular weight excluding hydrogens is 324 g/mol. The van der Waals surface area contributed by atoms with Crippen LogP contribution in [0, 0.1) is 0 Å². The van der Waals surface area contributed by atoms with Gasteiger partial charge in [-0.2, -0.15) is 0 Å². The summed E-state index contributed by atoms with van der Waals surface area (Å²) in [6.45, 7) is 1.70. The molecule has 1 aliphatic rings. The van der Waals surface area contributed by atoms with Crippen molar-refractivity contribution in [3.63, 3.8) is 0 Å². The van der Waals surface area contributed by atoms with Crippen molar-refractivity contribution in [3.05, 3.63) is 30.1 Å². The zero-order valence-electron chi connectivity index (χ0n) is 13.9. The molecule has 1 unspecified atom stereocenters. The van der Waals surface area contributed by atoms with Crippen molar-refractivity contribution in [2.45, 2.75) is 49.8 Å². The van der Waals surface area contributed by atoms with Crippen molar-refractivity contribution in [1.82, 2.24) is 20.0 Å². The number of nitrogens with one attached hydrogen (secondary N) is 2. The molecule has 0 bridgehead atoms. The van der Waals surface area contributed by atoms with E-state index < -0.39 is 6.04 Å². The Labute approximate surface area is 145 Å². The Morgan fingerprint density at radius 1 is 1.33 bits per heavy atom. The largest absolute Gasteiger partial charge is 0.352 e. The number of hydrogen-bond donors (Lipinski definition) is 2. The monoisotopic (exact) mass is 346 g/mol. The van der Waals surface area contributed by atoms with Gasteiger partial charge in [0.15, 0.2) is 10.9 Å². The molecule has 1 saturated carbocycles. The van der Waals surface area contributed by atoms with Gasteiger partial charge < -0.3 is 10.6 Å². The molecule has 1 fully saturated rings. The van der Waals surface area contributed by atoms with Crippen molar-refractivity contribution in [2.75, 3.05) is 6.26 Å². The van der Waals surface area contributed by atoms with E-state index in [9.17, 15) is 9.59 Å². The lowest BCUT2D eigenvalue weighted by Gasteiger charge is -2.17. The highest BCUT2D eigenvalue weighted by Crippen LogP contribution is 2.20. The zero-order chi connectivity index (χ0) is 17.1. The molecule has 6 nitrogen and oxygen atoms in total. The van der Waals surface area contributed by atoms with E-state index in [0.29, 0.717) is 5.69 Å². The van der Waals surface area contributed by atoms with E-state index in [1.165, 1.54) is 11.8 Å². The van der Waals surface area contributed by atoms with Crippen molar-refractivity contribution < 1.29 is 9.59 Å². The van der Waals surface area contributed by atoms with Gasteiger partial charge in [0, 0.05) is 12.2 Å². The van der Waals surface area contributed by atoms with Crippen molar-refractivity contribution in [2.24, 2.45) is 0 Å². The Hall–Kier alpha value is -2.02. The molecule has 3 rings (SSSR count). The molecular formula is C17H22N4O2S. The summed E-state index contributed by atoms with van der Waals surface area (Å²) < 4.78 is 1.88. The minimum atomic E-state index is -0.587. The van der Waals surface area contributed by atoms with Crippen molar-refractivity contribution in [3.8, 4) is 0 Å². The molecule has 1 atom stereocenters. The maximum absolute atomic E-state index is 12.6. The third-order valence-electron chi connectivity index (χ3n) is 4.36. The summed E-state index contributed by atoms with van der Waals surface area (Å²) in [5.74, 6) is -0.461. The van der Waals surface area contributed by atoms with Crippen LogP contribution in [0.3, 0.4) is 0 Å². The highest BCUT2D eigenvalue weighted by molar-refractivity contribution is 7.98.